The van der Waals surface area contributed by atoms with E-state index in [9.17, 15) is 19.8 Å². The van der Waals surface area contributed by atoms with Crippen molar-refractivity contribution >= 4 is 11.9 Å². The summed E-state index contributed by atoms with van der Waals surface area (Å²) >= 11 is 0. The van der Waals surface area contributed by atoms with Gasteiger partial charge < -0.3 is 20.3 Å². The Morgan fingerprint density at radius 3 is 1.48 bits per heavy atom. The van der Waals surface area contributed by atoms with Gasteiger partial charge in [-0.3, -0.25) is 9.59 Å². The Bertz CT molecular complexity index is 1160. The number of hydrogen-bond donors (Lipinski definition) is 3. The summed E-state index contributed by atoms with van der Waals surface area (Å²) < 4.78 is 5.80. The van der Waals surface area contributed by atoms with Gasteiger partial charge in [-0.05, 0) is 51.4 Å². The lowest BCUT2D eigenvalue weighted by molar-refractivity contribution is -0.151. The molecule has 0 saturated heterocycles. The standard InChI is InChI=1S/C48H77NO5/c1-4-7-10-13-16-19-22-23-26-29-32-35-38-41-48(53)54-44(39-36-33-30-27-24-20-17-14-11-8-5-2)42-47(52)49-45(43-50)46(51)40-37-34-31-28-25-21-18-15-12-9-6-3/h7-8,10-11,13-14,16-17,19-20,22-24,26-27,29-30,32,44-46,50-51H,4-6,9,12,15,18,21,25,28,31,33-43H2,1-3H3,(H,49,52)/b10-7+,11-8+,16-13+,17-14+,22-19-,24-20-,26-23-,30-27-,32-29+. The minimum absolute atomic E-state index is 0.00457. The second kappa shape index (κ2) is 40.7. The van der Waals surface area contributed by atoms with Crippen LogP contribution in [-0.4, -0.2) is 46.9 Å². The summed E-state index contributed by atoms with van der Waals surface area (Å²) in [4.78, 5) is 25.8. The molecule has 0 aromatic carbocycles. The normalized spacial score (nSPS) is 14.5. The van der Waals surface area contributed by atoms with E-state index >= 15 is 0 Å². The Balaban J connectivity index is 4.85. The van der Waals surface area contributed by atoms with E-state index in [1.54, 1.807) is 0 Å². The highest BCUT2D eigenvalue weighted by Gasteiger charge is 2.23. The van der Waals surface area contributed by atoms with Crippen LogP contribution in [0.25, 0.3) is 0 Å². The fraction of sp³-hybridized carbons (Fsp3) is 0.583. The van der Waals surface area contributed by atoms with Crippen LogP contribution in [0.3, 0.4) is 0 Å². The summed E-state index contributed by atoms with van der Waals surface area (Å²) in [5, 5.41) is 23.5. The molecule has 3 unspecified atom stereocenters. The molecule has 304 valence electrons. The maximum atomic E-state index is 13.1. The summed E-state index contributed by atoms with van der Waals surface area (Å²) in [5.41, 5.74) is 0. The van der Waals surface area contributed by atoms with Crippen molar-refractivity contribution in [2.75, 3.05) is 6.61 Å². The number of nitrogens with one attached hydrogen (secondary N) is 1. The van der Waals surface area contributed by atoms with Crippen LogP contribution in [0.15, 0.2) is 109 Å². The summed E-state index contributed by atoms with van der Waals surface area (Å²) in [6.45, 7) is 6.11. The van der Waals surface area contributed by atoms with E-state index in [0.717, 1.165) is 51.4 Å². The van der Waals surface area contributed by atoms with Gasteiger partial charge in [0.2, 0.25) is 5.91 Å². The van der Waals surface area contributed by atoms with Gasteiger partial charge in [-0.2, -0.15) is 0 Å². The quantitative estimate of drug-likeness (QED) is 0.0341. The first kappa shape index (κ1) is 50.5. The predicted molar refractivity (Wildman–Crippen MR) is 231 cm³/mol. The molecular formula is C48H77NO5. The highest BCUT2D eigenvalue weighted by Crippen LogP contribution is 2.15. The Kier molecular flexibility index (Phi) is 38.1. The Labute approximate surface area is 330 Å². The molecule has 6 nitrogen and oxygen atoms in total. The minimum Gasteiger partial charge on any atom is -0.462 e. The van der Waals surface area contributed by atoms with Crippen LogP contribution in [0, 0.1) is 0 Å². The number of aliphatic hydroxyl groups is 2. The molecule has 0 aromatic rings. The smallest absolute Gasteiger partial charge is 0.306 e. The van der Waals surface area contributed by atoms with Gasteiger partial charge in [0.1, 0.15) is 6.10 Å². The minimum atomic E-state index is -0.821. The van der Waals surface area contributed by atoms with Crippen LogP contribution < -0.4 is 5.32 Å². The number of rotatable bonds is 35. The molecular weight excluding hydrogens is 671 g/mol. The molecule has 0 saturated carbocycles. The molecule has 0 aliphatic carbocycles. The van der Waals surface area contributed by atoms with Gasteiger partial charge in [-0.25, -0.2) is 0 Å². The highest BCUT2D eigenvalue weighted by atomic mass is 16.5. The maximum absolute atomic E-state index is 13.1. The van der Waals surface area contributed by atoms with E-state index in [0.29, 0.717) is 19.3 Å². The molecule has 54 heavy (non-hydrogen) atoms. The number of carbonyl (C=O) groups excluding carboxylic acids is 2. The van der Waals surface area contributed by atoms with E-state index in [4.69, 9.17) is 4.74 Å². The molecule has 1 amide bonds. The molecule has 0 spiro atoms. The van der Waals surface area contributed by atoms with Gasteiger partial charge in [0, 0.05) is 6.42 Å². The lowest BCUT2D eigenvalue weighted by Crippen LogP contribution is -2.46. The number of amides is 1. The van der Waals surface area contributed by atoms with E-state index in [1.165, 1.54) is 51.4 Å². The fourth-order valence-electron chi connectivity index (χ4n) is 5.65. The van der Waals surface area contributed by atoms with Crippen LogP contribution in [0.5, 0.6) is 0 Å². The molecule has 3 atom stereocenters. The Morgan fingerprint density at radius 2 is 1.00 bits per heavy atom. The molecule has 3 N–H and O–H groups in total. The number of esters is 1. The first-order chi connectivity index (χ1) is 26.5. The molecule has 0 bridgehead atoms. The van der Waals surface area contributed by atoms with Crippen molar-refractivity contribution in [3.63, 3.8) is 0 Å². The average Bonchev–Trinajstić information content (AvgIpc) is 3.16. The van der Waals surface area contributed by atoms with Gasteiger partial charge in [-0.1, -0.05) is 201 Å². The number of carbonyl (C=O) groups is 2. The molecule has 0 fully saturated rings. The average molecular weight is 748 g/mol. The first-order valence-corrected chi connectivity index (χ1v) is 21.2. The summed E-state index contributed by atoms with van der Waals surface area (Å²) in [6, 6.07) is -0.742. The molecule has 0 heterocycles. The summed E-state index contributed by atoms with van der Waals surface area (Å²) in [6.07, 6.45) is 54.4. The van der Waals surface area contributed by atoms with Gasteiger partial charge in [-0.15, -0.1) is 0 Å². The lowest BCUT2D eigenvalue weighted by Gasteiger charge is -2.24. The molecule has 0 rings (SSSR count). The SMILES string of the molecule is CC/C=C/C=C/C=C\C=C/C=C/CCCC(=O)OC(CCC\C=C/C=C\C=C\C=C\CC)CC(=O)NC(CO)C(O)CCCCCCCCCCCCC. The number of unbranched alkanes of at least 4 members (excludes halogenated alkanes) is 12. The fourth-order valence-corrected chi connectivity index (χ4v) is 5.65. The molecule has 0 radical (unpaired) electrons. The van der Waals surface area contributed by atoms with Crippen LogP contribution in [0.4, 0.5) is 0 Å². The lowest BCUT2D eigenvalue weighted by atomic mass is 10.0. The van der Waals surface area contributed by atoms with Gasteiger partial charge >= 0.3 is 5.97 Å². The molecule has 0 aliphatic heterocycles. The van der Waals surface area contributed by atoms with E-state index < -0.39 is 18.2 Å². The summed E-state index contributed by atoms with van der Waals surface area (Å²) in [7, 11) is 0. The van der Waals surface area contributed by atoms with E-state index in [-0.39, 0.29) is 31.3 Å². The molecule has 0 aliphatic rings. The van der Waals surface area contributed by atoms with Crippen LogP contribution in [0.2, 0.25) is 0 Å². The number of ether oxygens (including phenoxy) is 1. The third-order valence-corrected chi connectivity index (χ3v) is 8.82. The van der Waals surface area contributed by atoms with Crippen molar-refractivity contribution < 1.29 is 24.5 Å². The van der Waals surface area contributed by atoms with Crippen LogP contribution in [-0.2, 0) is 14.3 Å². The predicted octanol–water partition coefficient (Wildman–Crippen LogP) is 12.0. The largest absolute Gasteiger partial charge is 0.462 e. The Hall–Kier alpha value is -3.48. The van der Waals surface area contributed by atoms with Crippen molar-refractivity contribution in [1.29, 1.82) is 0 Å². The van der Waals surface area contributed by atoms with Crippen molar-refractivity contribution in [3.8, 4) is 0 Å². The third kappa shape index (κ3) is 35.5. The number of hydrogen-bond acceptors (Lipinski definition) is 5. The number of aliphatic hydroxyl groups excluding tert-OH is 2. The topological polar surface area (TPSA) is 95.9 Å². The van der Waals surface area contributed by atoms with Crippen LogP contribution in [0.1, 0.15) is 156 Å². The second-order valence-electron chi connectivity index (χ2n) is 13.8. The third-order valence-electron chi connectivity index (χ3n) is 8.82. The first-order valence-electron chi connectivity index (χ1n) is 21.2. The van der Waals surface area contributed by atoms with Crippen molar-refractivity contribution in [2.24, 2.45) is 0 Å². The van der Waals surface area contributed by atoms with Crippen molar-refractivity contribution in [1.82, 2.24) is 5.32 Å². The zero-order valence-corrected chi connectivity index (χ0v) is 34.3. The van der Waals surface area contributed by atoms with Gasteiger partial charge in [0.05, 0.1) is 25.2 Å². The van der Waals surface area contributed by atoms with E-state index in [2.05, 4.69) is 44.3 Å². The van der Waals surface area contributed by atoms with E-state index in [1.807, 2.05) is 91.1 Å². The molecule has 0 aromatic heterocycles. The number of allylic oxidation sites excluding steroid dienone is 18. The van der Waals surface area contributed by atoms with Gasteiger partial charge in [0.15, 0.2) is 0 Å². The maximum Gasteiger partial charge on any atom is 0.306 e. The zero-order chi connectivity index (χ0) is 39.6. The summed E-state index contributed by atoms with van der Waals surface area (Å²) in [5.74, 6) is -0.648. The van der Waals surface area contributed by atoms with Gasteiger partial charge in [0.25, 0.3) is 0 Å². The van der Waals surface area contributed by atoms with Crippen LogP contribution >= 0.6 is 0 Å². The molecule has 6 heteroatoms. The van der Waals surface area contributed by atoms with Crippen molar-refractivity contribution in [2.45, 2.75) is 174 Å². The zero-order valence-electron chi connectivity index (χ0n) is 34.3. The monoisotopic (exact) mass is 748 g/mol. The highest BCUT2D eigenvalue weighted by molar-refractivity contribution is 5.77. The second-order valence-corrected chi connectivity index (χ2v) is 13.8. The Morgan fingerprint density at radius 1 is 0.556 bits per heavy atom. The van der Waals surface area contributed by atoms with Crippen molar-refractivity contribution in [3.05, 3.63) is 109 Å².